The predicted octanol–water partition coefficient (Wildman–Crippen LogP) is -1.28. The molecule has 1 aliphatic heterocycles. The molecular weight excluding hydrogens is 278 g/mol. The van der Waals surface area contributed by atoms with Crippen LogP contribution in [0.2, 0.25) is 0 Å². The van der Waals surface area contributed by atoms with Crippen LogP contribution in [-0.4, -0.2) is 58.1 Å². The third-order valence-electron chi connectivity index (χ3n) is 2.77. The molecular formula is C9H11N3O6S. The van der Waals surface area contributed by atoms with Crippen molar-refractivity contribution in [3.63, 3.8) is 0 Å². The molecule has 2 rings (SSSR count). The molecule has 0 spiro atoms. The Morgan fingerprint density at radius 2 is 1.89 bits per heavy atom. The summed E-state index contributed by atoms with van der Waals surface area (Å²) in [5, 5.41) is 29.1. The van der Waals surface area contributed by atoms with Gasteiger partial charge in [-0.1, -0.05) is 0 Å². The summed E-state index contributed by atoms with van der Waals surface area (Å²) in [7, 11) is -3.92. The average Bonchev–Trinajstić information content (AvgIpc) is 2.70. The van der Waals surface area contributed by atoms with Crippen molar-refractivity contribution in [3.05, 3.63) is 28.4 Å². The molecule has 0 radical (unpaired) electrons. The smallest absolute Gasteiger partial charge is 0.363 e. The van der Waals surface area contributed by atoms with E-state index >= 15 is 0 Å². The quantitative estimate of drug-likeness (QED) is 0.522. The Morgan fingerprint density at radius 3 is 2.32 bits per heavy atom. The molecule has 0 unspecified atom stereocenters. The third kappa shape index (κ3) is 2.56. The predicted molar refractivity (Wildman–Crippen MR) is 61.7 cm³/mol. The van der Waals surface area contributed by atoms with E-state index in [-0.39, 0.29) is 18.0 Å². The summed E-state index contributed by atoms with van der Waals surface area (Å²) >= 11 is 0. The van der Waals surface area contributed by atoms with Gasteiger partial charge in [0.05, 0.1) is 12.2 Å². The minimum absolute atomic E-state index is 0.222. The molecule has 0 amide bonds. The molecule has 1 saturated heterocycles. The van der Waals surface area contributed by atoms with Crippen LogP contribution >= 0.6 is 0 Å². The summed E-state index contributed by atoms with van der Waals surface area (Å²) < 4.78 is 25.1. The lowest BCUT2D eigenvalue weighted by Gasteiger charge is -2.14. The first-order valence-electron chi connectivity index (χ1n) is 5.29. The molecule has 1 aliphatic rings. The zero-order chi connectivity index (χ0) is 14.2. The molecule has 0 aliphatic carbocycles. The molecule has 9 nitrogen and oxygen atoms in total. The van der Waals surface area contributed by atoms with Gasteiger partial charge in [0, 0.05) is 19.2 Å². The monoisotopic (exact) mass is 289 g/mol. The minimum Gasteiger partial charge on any atom is -0.389 e. The molecule has 10 heteroatoms. The lowest BCUT2D eigenvalue weighted by atomic mass is 10.3. The van der Waals surface area contributed by atoms with Gasteiger partial charge in [-0.2, -0.15) is 4.31 Å². The fourth-order valence-electron chi connectivity index (χ4n) is 1.71. The molecule has 1 fully saturated rings. The first-order valence-corrected chi connectivity index (χ1v) is 6.73. The Labute approximate surface area is 108 Å². The molecule has 0 saturated carbocycles. The maximum Gasteiger partial charge on any atom is 0.363 e. The highest BCUT2D eigenvalue weighted by molar-refractivity contribution is 7.89. The normalized spacial score (nSPS) is 24.5. The number of aliphatic hydroxyl groups is 2. The van der Waals surface area contributed by atoms with Gasteiger partial charge in [-0.05, 0) is 16.0 Å². The fraction of sp³-hybridized carbons (Fsp3) is 0.444. The molecule has 1 aromatic heterocycles. The first kappa shape index (κ1) is 13.8. The van der Waals surface area contributed by atoms with Crippen molar-refractivity contribution in [2.75, 3.05) is 13.1 Å². The first-order chi connectivity index (χ1) is 8.82. The van der Waals surface area contributed by atoms with E-state index in [0.29, 0.717) is 0 Å². The zero-order valence-electron chi connectivity index (χ0n) is 9.58. The van der Waals surface area contributed by atoms with Crippen molar-refractivity contribution < 1.29 is 23.6 Å². The van der Waals surface area contributed by atoms with E-state index in [9.17, 15) is 28.7 Å². The number of nitro groups is 1. The number of sulfonamides is 1. The maximum absolute atomic E-state index is 12.1. The molecule has 2 N–H and O–H groups in total. The summed E-state index contributed by atoms with van der Waals surface area (Å²) in [6.45, 7) is -0.443. The van der Waals surface area contributed by atoms with Gasteiger partial charge in [0.15, 0.2) is 6.20 Å². The highest BCUT2D eigenvalue weighted by Gasteiger charge is 2.38. The van der Waals surface area contributed by atoms with E-state index in [1.54, 1.807) is 0 Å². The molecule has 0 bridgehead atoms. The van der Waals surface area contributed by atoms with Gasteiger partial charge in [0.1, 0.15) is 4.90 Å². The molecule has 2 atom stereocenters. The SMILES string of the molecule is O=[N+]([O-])c1ccc(S(=O)(=O)N2C[C@@H](O)[C@@H](O)C2)cn1. The number of nitrogens with zero attached hydrogens (tertiary/aromatic N) is 3. The van der Waals surface area contributed by atoms with Crippen LogP contribution in [-0.2, 0) is 10.0 Å². The van der Waals surface area contributed by atoms with Crippen LogP contribution in [0, 0.1) is 10.1 Å². The minimum atomic E-state index is -3.92. The number of β-amino-alcohol motifs (C(OH)–C–C–N with tert-alkyl or cyclic N) is 2. The van der Waals surface area contributed by atoms with Crippen LogP contribution in [0.1, 0.15) is 0 Å². The lowest BCUT2D eigenvalue weighted by Crippen LogP contribution is -2.30. The highest BCUT2D eigenvalue weighted by atomic mass is 32.2. The number of aliphatic hydroxyl groups excluding tert-OH is 2. The van der Waals surface area contributed by atoms with Crippen molar-refractivity contribution in [2.45, 2.75) is 17.1 Å². The fourth-order valence-corrected chi connectivity index (χ4v) is 3.14. The van der Waals surface area contributed by atoms with Crippen LogP contribution in [0.3, 0.4) is 0 Å². The number of aromatic nitrogens is 1. The van der Waals surface area contributed by atoms with Crippen LogP contribution < -0.4 is 0 Å². The van der Waals surface area contributed by atoms with Gasteiger partial charge >= 0.3 is 5.82 Å². The van der Waals surface area contributed by atoms with Crippen LogP contribution in [0.5, 0.6) is 0 Å². The van der Waals surface area contributed by atoms with E-state index in [1.807, 2.05) is 0 Å². The van der Waals surface area contributed by atoms with Gasteiger partial charge in [-0.3, -0.25) is 0 Å². The van der Waals surface area contributed by atoms with Gasteiger partial charge in [0.2, 0.25) is 10.0 Å². The van der Waals surface area contributed by atoms with Crippen molar-refractivity contribution in [3.8, 4) is 0 Å². The number of rotatable bonds is 3. The van der Waals surface area contributed by atoms with Crippen molar-refractivity contribution in [1.82, 2.24) is 9.29 Å². The Kier molecular flexibility index (Phi) is 3.49. The number of hydrogen-bond donors (Lipinski definition) is 2. The van der Waals surface area contributed by atoms with Gasteiger partial charge in [0.25, 0.3) is 0 Å². The number of hydrogen-bond acceptors (Lipinski definition) is 7. The Balaban J connectivity index is 2.27. The van der Waals surface area contributed by atoms with Crippen LogP contribution in [0.15, 0.2) is 23.2 Å². The van der Waals surface area contributed by atoms with Crippen molar-refractivity contribution in [2.24, 2.45) is 0 Å². The summed E-state index contributed by atoms with van der Waals surface area (Å²) in [6, 6.07) is 2.05. The second-order valence-corrected chi connectivity index (χ2v) is 6.00. The Hall–Kier alpha value is -1.62. The third-order valence-corrected chi connectivity index (χ3v) is 4.59. The molecule has 19 heavy (non-hydrogen) atoms. The summed E-state index contributed by atoms with van der Waals surface area (Å²) in [5.74, 6) is -0.458. The van der Waals surface area contributed by atoms with E-state index in [0.717, 1.165) is 22.6 Å². The van der Waals surface area contributed by atoms with Crippen molar-refractivity contribution >= 4 is 15.8 Å². The largest absolute Gasteiger partial charge is 0.389 e. The molecule has 104 valence electrons. The molecule has 0 aromatic carbocycles. The van der Waals surface area contributed by atoms with Gasteiger partial charge in [-0.25, -0.2) is 8.42 Å². The van der Waals surface area contributed by atoms with E-state index < -0.39 is 33.0 Å². The Bertz CT molecular complexity index is 576. The van der Waals surface area contributed by atoms with E-state index in [4.69, 9.17) is 0 Å². The second-order valence-electron chi connectivity index (χ2n) is 4.07. The summed E-state index contributed by atoms with van der Waals surface area (Å²) in [4.78, 5) is 12.9. The standard InChI is InChI=1S/C9H11N3O6S/c13-7-4-11(5-8(7)14)19(17,18)6-1-2-9(10-3-6)12(15)16/h1-3,7-8,13-14H,4-5H2/t7-,8+. The zero-order valence-corrected chi connectivity index (χ0v) is 10.4. The topological polar surface area (TPSA) is 134 Å². The van der Waals surface area contributed by atoms with Gasteiger partial charge in [-0.15, -0.1) is 0 Å². The number of pyridine rings is 1. The second kappa shape index (κ2) is 4.81. The Morgan fingerprint density at radius 1 is 1.32 bits per heavy atom. The highest BCUT2D eigenvalue weighted by Crippen LogP contribution is 2.21. The van der Waals surface area contributed by atoms with Crippen LogP contribution in [0.4, 0.5) is 5.82 Å². The summed E-state index contributed by atoms with van der Waals surface area (Å²) in [5.41, 5.74) is 0. The van der Waals surface area contributed by atoms with E-state index in [1.165, 1.54) is 0 Å². The lowest BCUT2D eigenvalue weighted by molar-refractivity contribution is -0.389. The van der Waals surface area contributed by atoms with Crippen molar-refractivity contribution in [1.29, 1.82) is 0 Å². The van der Waals surface area contributed by atoms with Crippen LogP contribution in [0.25, 0.3) is 0 Å². The maximum atomic E-state index is 12.1. The average molecular weight is 289 g/mol. The van der Waals surface area contributed by atoms with Gasteiger partial charge < -0.3 is 20.3 Å². The molecule has 1 aromatic rings. The van der Waals surface area contributed by atoms with E-state index in [2.05, 4.69) is 4.98 Å². The summed E-state index contributed by atoms with van der Waals surface area (Å²) in [6.07, 6.45) is -1.40. The molecule has 2 heterocycles.